The Morgan fingerprint density at radius 1 is 1.19 bits per heavy atom. The van der Waals surface area contributed by atoms with Gasteiger partial charge in [-0.15, -0.1) is 11.8 Å². The van der Waals surface area contributed by atoms with Gasteiger partial charge in [0.05, 0.1) is 23.3 Å². The maximum atomic E-state index is 13.8. The third kappa shape index (κ3) is 4.82. The average molecular weight is 499 g/mol. The van der Waals surface area contributed by atoms with Crippen LogP contribution in [0.3, 0.4) is 0 Å². The summed E-state index contributed by atoms with van der Waals surface area (Å²) in [5.41, 5.74) is 0.909. The van der Waals surface area contributed by atoms with Gasteiger partial charge in [0.15, 0.2) is 0 Å². The van der Waals surface area contributed by atoms with E-state index in [1.807, 2.05) is 13.8 Å². The monoisotopic (exact) mass is 498 g/mol. The number of hydrogen-bond acceptors (Lipinski definition) is 5. The van der Waals surface area contributed by atoms with Crippen molar-refractivity contribution in [1.82, 2.24) is 9.62 Å². The summed E-state index contributed by atoms with van der Waals surface area (Å²) < 4.78 is 47.3. The minimum atomic E-state index is -3.91. The third-order valence-corrected chi connectivity index (χ3v) is 8.95. The molecule has 2 aromatic carbocycles. The molecule has 2 aliphatic heterocycles. The summed E-state index contributed by atoms with van der Waals surface area (Å²) in [4.78, 5) is 13.8. The van der Waals surface area contributed by atoms with Gasteiger partial charge in [-0.25, -0.2) is 12.8 Å². The summed E-state index contributed by atoms with van der Waals surface area (Å²) >= 11 is 7.86. The highest BCUT2D eigenvalue weighted by Crippen LogP contribution is 2.37. The van der Waals surface area contributed by atoms with Crippen molar-refractivity contribution in [2.75, 3.05) is 18.8 Å². The van der Waals surface area contributed by atoms with Crippen molar-refractivity contribution in [3.05, 3.63) is 58.4 Å². The molecule has 32 heavy (non-hydrogen) atoms. The number of ether oxygens (including phenoxy) is 1. The van der Waals surface area contributed by atoms with Gasteiger partial charge in [0, 0.05) is 29.3 Å². The first-order valence-corrected chi connectivity index (χ1v) is 13.1. The van der Waals surface area contributed by atoms with Crippen LogP contribution < -0.4 is 5.32 Å². The Bertz CT molecular complexity index is 1130. The molecule has 1 saturated heterocycles. The fourth-order valence-corrected chi connectivity index (χ4v) is 7.26. The first-order valence-electron chi connectivity index (χ1n) is 10.3. The van der Waals surface area contributed by atoms with Crippen molar-refractivity contribution in [2.45, 2.75) is 48.3 Å². The predicted octanol–water partition coefficient (Wildman–Crippen LogP) is 4.24. The third-order valence-electron chi connectivity index (χ3n) is 5.51. The number of thioether (sulfide) groups is 1. The first kappa shape index (κ1) is 23.5. The van der Waals surface area contributed by atoms with Crippen LogP contribution in [0.15, 0.2) is 46.2 Å². The zero-order valence-corrected chi connectivity index (χ0v) is 20.1. The van der Waals surface area contributed by atoms with Crippen LogP contribution in [0.4, 0.5) is 4.39 Å². The van der Waals surface area contributed by atoms with Crippen molar-refractivity contribution in [2.24, 2.45) is 0 Å². The lowest BCUT2D eigenvalue weighted by Crippen LogP contribution is -2.48. The second kappa shape index (κ2) is 9.30. The Labute approximate surface area is 196 Å². The molecule has 0 aliphatic carbocycles. The van der Waals surface area contributed by atoms with E-state index in [9.17, 15) is 17.6 Å². The quantitative estimate of drug-likeness (QED) is 0.682. The Morgan fingerprint density at radius 2 is 1.91 bits per heavy atom. The Hall–Kier alpha value is -1.65. The van der Waals surface area contributed by atoms with Crippen LogP contribution in [0, 0.1) is 5.82 Å². The molecule has 2 aliphatic rings. The molecule has 0 radical (unpaired) electrons. The zero-order chi connectivity index (χ0) is 23.0. The molecule has 3 atom stereocenters. The lowest BCUT2D eigenvalue weighted by atomic mass is 10.0. The molecule has 0 bridgehead atoms. The number of fused-ring (bicyclic) bond motifs is 1. The van der Waals surface area contributed by atoms with Crippen LogP contribution in [0.2, 0.25) is 5.02 Å². The van der Waals surface area contributed by atoms with Gasteiger partial charge in [-0.3, -0.25) is 4.79 Å². The number of nitrogens with one attached hydrogen (secondary N) is 1. The molecule has 1 amide bonds. The van der Waals surface area contributed by atoms with E-state index in [1.165, 1.54) is 34.6 Å². The van der Waals surface area contributed by atoms with Crippen LogP contribution in [-0.4, -0.2) is 49.7 Å². The number of carbonyl (C=O) groups is 1. The highest BCUT2D eigenvalue weighted by molar-refractivity contribution is 7.99. The van der Waals surface area contributed by atoms with Crippen molar-refractivity contribution in [1.29, 1.82) is 0 Å². The molecule has 0 saturated carbocycles. The fraction of sp³-hybridized carbons (Fsp3) is 0.409. The lowest BCUT2D eigenvalue weighted by Gasteiger charge is -2.34. The summed E-state index contributed by atoms with van der Waals surface area (Å²) in [5, 5.41) is 2.97. The summed E-state index contributed by atoms with van der Waals surface area (Å²) in [6.45, 7) is 4.04. The molecular weight excluding hydrogens is 475 g/mol. The second-order valence-corrected chi connectivity index (χ2v) is 11.5. The van der Waals surface area contributed by atoms with Gasteiger partial charge in [-0.2, -0.15) is 4.31 Å². The van der Waals surface area contributed by atoms with Gasteiger partial charge in [0.25, 0.3) is 5.91 Å². The molecule has 1 N–H and O–H groups in total. The van der Waals surface area contributed by atoms with Crippen molar-refractivity contribution >= 4 is 39.3 Å². The number of rotatable bonds is 4. The maximum absolute atomic E-state index is 13.8. The molecule has 2 aromatic rings. The van der Waals surface area contributed by atoms with E-state index >= 15 is 0 Å². The van der Waals surface area contributed by atoms with Gasteiger partial charge in [0.1, 0.15) is 10.7 Å². The smallest absolute Gasteiger partial charge is 0.251 e. The molecular formula is C22H24ClFN2O4S2. The molecule has 3 unspecified atom stereocenters. The van der Waals surface area contributed by atoms with Gasteiger partial charge in [-0.05, 0) is 62.2 Å². The maximum Gasteiger partial charge on any atom is 0.251 e. The fourth-order valence-electron chi connectivity index (χ4n) is 4.07. The van der Waals surface area contributed by atoms with E-state index in [0.29, 0.717) is 6.42 Å². The van der Waals surface area contributed by atoms with E-state index < -0.39 is 15.9 Å². The van der Waals surface area contributed by atoms with E-state index in [2.05, 4.69) is 5.32 Å². The minimum absolute atomic E-state index is 0.0508. The van der Waals surface area contributed by atoms with Crippen LogP contribution >= 0.6 is 23.4 Å². The van der Waals surface area contributed by atoms with Crippen molar-refractivity contribution in [3.8, 4) is 0 Å². The summed E-state index contributed by atoms with van der Waals surface area (Å²) in [6, 6.07) is 8.41. The number of halogens is 2. The highest BCUT2D eigenvalue weighted by Gasteiger charge is 2.34. The van der Waals surface area contributed by atoms with Crippen LogP contribution in [0.25, 0.3) is 0 Å². The lowest BCUT2D eigenvalue weighted by molar-refractivity contribution is -0.0440. The van der Waals surface area contributed by atoms with Gasteiger partial charge in [0.2, 0.25) is 10.0 Å². The Morgan fingerprint density at radius 3 is 2.62 bits per heavy atom. The van der Waals surface area contributed by atoms with Gasteiger partial charge in [-0.1, -0.05) is 11.6 Å². The molecule has 2 heterocycles. The largest absolute Gasteiger partial charge is 0.373 e. The van der Waals surface area contributed by atoms with E-state index in [1.54, 1.807) is 17.8 Å². The Kier molecular flexibility index (Phi) is 6.84. The van der Waals surface area contributed by atoms with Crippen LogP contribution in [-0.2, 0) is 14.8 Å². The van der Waals surface area contributed by atoms with Gasteiger partial charge < -0.3 is 10.1 Å². The predicted molar refractivity (Wildman–Crippen MR) is 122 cm³/mol. The van der Waals surface area contributed by atoms with E-state index in [-0.39, 0.29) is 52.6 Å². The number of carbonyl (C=O) groups excluding carboxylic acids is 1. The molecule has 172 valence electrons. The molecule has 0 aromatic heterocycles. The Balaban J connectivity index is 1.59. The molecule has 4 rings (SSSR count). The number of amides is 1. The van der Waals surface area contributed by atoms with E-state index in [4.69, 9.17) is 16.3 Å². The summed E-state index contributed by atoms with van der Waals surface area (Å²) in [5.74, 6) is -0.00897. The number of benzene rings is 2. The van der Waals surface area contributed by atoms with Crippen molar-refractivity contribution < 1.29 is 22.3 Å². The topological polar surface area (TPSA) is 75.7 Å². The number of hydrogen-bond donors (Lipinski definition) is 1. The van der Waals surface area contributed by atoms with E-state index in [0.717, 1.165) is 16.2 Å². The van der Waals surface area contributed by atoms with Crippen LogP contribution in [0.5, 0.6) is 0 Å². The molecule has 1 fully saturated rings. The van der Waals surface area contributed by atoms with Gasteiger partial charge >= 0.3 is 0 Å². The summed E-state index contributed by atoms with van der Waals surface area (Å²) in [6.07, 6.45) is 0.154. The minimum Gasteiger partial charge on any atom is -0.373 e. The first-order chi connectivity index (χ1) is 15.1. The number of sulfonamides is 1. The standard InChI is InChI=1S/C22H24ClFN2O4S2/c1-13-11-26(12-14(2)30-13)32(28,29)21-9-15(3-5-18(21)23)22(27)25-19-7-8-31-20-6-4-16(24)10-17(19)20/h3-6,9-10,13-14,19H,7-8,11-12H2,1-2H3,(H,25,27). The summed E-state index contributed by atoms with van der Waals surface area (Å²) in [7, 11) is -3.91. The highest BCUT2D eigenvalue weighted by atomic mass is 35.5. The molecule has 10 heteroatoms. The average Bonchev–Trinajstić information content (AvgIpc) is 2.73. The molecule has 6 nitrogen and oxygen atoms in total. The number of morpholine rings is 1. The van der Waals surface area contributed by atoms with Crippen LogP contribution in [0.1, 0.15) is 42.2 Å². The normalized spacial score (nSPS) is 24.1. The van der Waals surface area contributed by atoms with Crippen molar-refractivity contribution in [3.63, 3.8) is 0 Å². The second-order valence-electron chi connectivity index (χ2n) is 8.07. The molecule has 0 spiro atoms. The number of nitrogens with zero attached hydrogens (tertiary/aromatic N) is 1. The SMILES string of the molecule is CC1CN(S(=O)(=O)c2cc(C(=O)NC3CCSc4ccc(F)cc43)ccc2Cl)CC(C)O1. The zero-order valence-electron chi connectivity index (χ0n) is 17.7.